The number of hydrogen-bond acceptors (Lipinski definition) is 4. The number of nitrogens with zero attached hydrogens (tertiary/aromatic N) is 1. The van der Waals surface area contributed by atoms with Crippen LogP contribution in [0, 0.1) is 0 Å². The van der Waals surface area contributed by atoms with E-state index >= 15 is 0 Å². The van der Waals surface area contributed by atoms with E-state index in [2.05, 4.69) is 5.32 Å². The third kappa shape index (κ3) is 6.85. The van der Waals surface area contributed by atoms with E-state index in [4.69, 9.17) is 14.2 Å². The molecule has 0 saturated heterocycles. The van der Waals surface area contributed by atoms with Crippen molar-refractivity contribution in [2.24, 2.45) is 7.05 Å². The van der Waals surface area contributed by atoms with E-state index in [1.165, 1.54) is 0 Å². The third-order valence-electron chi connectivity index (χ3n) is 4.39. The Kier molecular flexibility index (Phi) is 9.11. The quantitative estimate of drug-likeness (QED) is 0.371. The van der Waals surface area contributed by atoms with Gasteiger partial charge in [0.15, 0.2) is 11.9 Å². The molecule has 31 heavy (non-hydrogen) atoms. The van der Waals surface area contributed by atoms with Crippen molar-refractivity contribution in [3.05, 3.63) is 72.6 Å². The van der Waals surface area contributed by atoms with Crippen molar-refractivity contribution >= 4 is 11.8 Å². The first-order valence-electron chi connectivity index (χ1n) is 9.78. The molecule has 0 bridgehead atoms. The Morgan fingerprint density at radius 1 is 1.06 bits per heavy atom. The van der Waals surface area contributed by atoms with Crippen LogP contribution in [0.2, 0.25) is 0 Å². The average molecular weight is 534 g/mol. The van der Waals surface area contributed by atoms with E-state index in [1.54, 1.807) is 7.11 Å². The van der Waals surface area contributed by atoms with E-state index < -0.39 is 6.09 Å². The summed E-state index contributed by atoms with van der Waals surface area (Å²) in [4.78, 5) is 12.3. The van der Waals surface area contributed by atoms with Gasteiger partial charge in [0, 0.05) is 11.6 Å². The van der Waals surface area contributed by atoms with Crippen molar-refractivity contribution in [1.82, 2.24) is 0 Å². The van der Waals surface area contributed by atoms with Crippen LogP contribution in [0.1, 0.15) is 19.4 Å². The number of anilines is 1. The predicted octanol–water partition coefficient (Wildman–Crippen LogP) is 1.73. The Morgan fingerprint density at radius 3 is 2.48 bits per heavy atom. The van der Waals surface area contributed by atoms with Gasteiger partial charge in [-0.3, -0.25) is 5.32 Å². The zero-order valence-electron chi connectivity index (χ0n) is 18.1. The lowest BCUT2D eigenvalue weighted by Gasteiger charge is -2.17. The van der Waals surface area contributed by atoms with Gasteiger partial charge in [0.05, 0.1) is 18.9 Å². The maximum absolute atomic E-state index is 12.3. The second kappa shape index (κ2) is 11.5. The first kappa shape index (κ1) is 24.5. The first-order valence-corrected chi connectivity index (χ1v) is 9.78. The normalized spacial score (nSPS) is 10.2. The van der Waals surface area contributed by atoms with E-state index in [1.807, 2.05) is 92.5 Å². The van der Waals surface area contributed by atoms with E-state index in [0.29, 0.717) is 11.4 Å². The molecule has 0 aliphatic heterocycles. The molecule has 0 saturated carbocycles. The van der Waals surface area contributed by atoms with Crippen LogP contribution < -0.4 is 43.3 Å². The van der Waals surface area contributed by atoms with Crippen LogP contribution in [0.5, 0.6) is 11.5 Å². The Bertz CT molecular complexity index is 1010. The molecule has 164 valence electrons. The molecular weight excluding hydrogens is 507 g/mol. The Balaban J connectivity index is 0.00000341. The van der Waals surface area contributed by atoms with Crippen LogP contribution in [-0.2, 0) is 18.4 Å². The number of carbonyl (C=O) groups excluding carboxylic acids is 1. The number of aromatic nitrogens is 1. The number of ether oxygens (including phenoxy) is 3. The minimum absolute atomic E-state index is 0. The summed E-state index contributed by atoms with van der Waals surface area (Å²) in [5.41, 5.74) is 3.32. The maximum atomic E-state index is 12.3. The molecule has 0 atom stereocenters. The fourth-order valence-corrected chi connectivity index (χ4v) is 2.99. The van der Waals surface area contributed by atoms with Gasteiger partial charge in [0.2, 0.25) is 6.20 Å². The molecule has 0 unspecified atom stereocenters. The number of aryl methyl sites for hydroxylation is 1. The van der Waals surface area contributed by atoms with Crippen LogP contribution in [0.15, 0.2) is 67.0 Å². The second-order valence-corrected chi connectivity index (χ2v) is 7.16. The lowest BCUT2D eigenvalue weighted by atomic mass is 10.0. The zero-order valence-corrected chi connectivity index (χ0v) is 20.3. The molecule has 0 aliphatic rings. The molecule has 0 fully saturated rings. The summed E-state index contributed by atoms with van der Waals surface area (Å²) in [7, 11) is 3.58. The molecule has 1 heterocycles. The first-order chi connectivity index (χ1) is 14.5. The molecule has 7 heteroatoms. The molecule has 1 N–H and O–H groups in total. The van der Waals surface area contributed by atoms with Crippen LogP contribution in [0.25, 0.3) is 11.1 Å². The average Bonchev–Trinajstić information content (AvgIpc) is 2.74. The molecular formula is C24H27IN2O4. The minimum Gasteiger partial charge on any atom is -1.00 e. The fourth-order valence-electron chi connectivity index (χ4n) is 2.99. The van der Waals surface area contributed by atoms with Gasteiger partial charge in [-0.25, -0.2) is 9.36 Å². The highest BCUT2D eigenvalue weighted by molar-refractivity contribution is 5.88. The third-order valence-corrected chi connectivity index (χ3v) is 4.39. The molecule has 0 spiro atoms. The largest absolute Gasteiger partial charge is 1.00 e. The molecule has 3 aromatic rings. The number of nitrogens with one attached hydrogen (secondary N) is 1. The van der Waals surface area contributed by atoms with Crippen molar-refractivity contribution in [1.29, 1.82) is 0 Å². The van der Waals surface area contributed by atoms with Crippen LogP contribution in [-0.4, -0.2) is 19.3 Å². The number of amides is 1. The molecule has 3 rings (SSSR count). The van der Waals surface area contributed by atoms with Gasteiger partial charge in [-0.05, 0) is 37.1 Å². The number of pyridine rings is 1. The summed E-state index contributed by atoms with van der Waals surface area (Å²) < 4.78 is 18.7. The number of benzene rings is 2. The second-order valence-electron chi connectivity index (χ2n) is 7.16. The molecule has 1 amide bonds. The summed E-state index contributed by atoms with van der Waals surface area (Å²) in [5.74, 6) is 1.31. The Hall–Kier alpha value is -2.81. The highest BCUT2D eigenvalue weighted by atomic mass is 127. The predicted molar refractivity (Wildman–Crippen MR) is 116 cm³/mol. The topological polar surface area (TPSA) is 60.7 Å². The minimum atomic E-state index is -0.537. The summed E-state index contributed by atoms with van der Waals surface area (Å²) in [6.45, 7) is 4.07. The molecule has 6 nitrogen and oxygen atoms in total. The van der Waals surface area contributed by atoms with Gasteiger partial charge in [0.1, 0.15) is 19.4 Å². The molecule has 0 radical (unpaired) electrons. The van der Waals surface area contributed by atoms with Gasteiger partial charge < -0.3 is 38.2 Å². The lowest BCUT2D eigenvalue weighted by Crippen LogP contribution is -3.00. The Morgan fingerprint density at radius 2 is 1.81 bits per heavy atom. The van der Waals surface area contributed by atoms with Crippen molar-refractivity contribution in [3.8, 4) is 22.6 Å². The van der Waals surface area contributed by atoms with Gasteiger partial charge in [-0.15, -0.1) is 0 Å². The van der Waals surface area contributed by atoms with Crippen molar-refractivity contribution in [2.75, 3.05) is 12.4 Å². The molecule has 0 aliphatic carbocycles. The zero-order chi connectivity index (χ0) is 21.5. The lowest BCUT2D eigenvalue weighted by molar-refractivity contribution is -0.671. The highest BCUT2D eigenvalue weighted by Gasteiger charge is 2.15. The van der Waals surface area contributed by atoms with Gasteiger partial charge >= 0.3 is 6.09 Å². The number of carbonyl (C=O) groups is 1. The monoisotopic (exact) mass is 534 g/mol. The van der Waals surface area contributed by atoms with Gasteiger partial charge in [-0.2, -0.15) is 0 Å². The summed E-state index contributed by atoms with van der Waals surface area (Å²) in [6.07, 6.45) is 3.26. The highest BCUT2D eigenvalue weighted by Crippen LogP contribution is 2.35. The summed E-state index contributed by atoms with van der Waals surface area (Å²) in [5, 5.41) is 2.78. The van der Waals surface area contributed by atoms with Crippen LogP contribution in [0.4, 0.5) is 10.5 Å². The van der Waals surface area contributed by atoms with E-state index in [-0.39, 0.29) is 36.7 Å². The maximum Gasteiger partial charge on any atom is 0.412 e. The Labute approximate surface area is 200 Å². The SMILES string of the molecule is COc1c[n+](C)ccc1-c1ccc(NC(=O)OCc2ccccc2)c(OC(C)C)c1.[I-]. The molecule has 1 aromatic heterocycles. The summed E-state index contributed by atoms with van der Waals surface area (Å²) in [6, 6.07) is 17.1. The van der Waals surface area contributed by atoms with Crippen molar-refractivity contribution in [2.45, 2.75) is 26.6 Å². The van der Waals surface area contributed by atoms with Crippen molar-refractivity contribution < 1.29 is 47.5 Å². The van der Waals surface area contributed by atoms with Crippen molar-refractivity contribution in [3.63, 3.8) is 0 Å². The fraction of sp³-hybridized carbons (Fsp3) is 0.250. The number of methoxy groups -OCH3 is 1. The number of halogens is 1. The van der Waals surface area contributed by atoms with E-state index in [0.717, 1.165) is 22.4 Å². The number of hydrogen-bond donors (Lipinski definition) is 1. The van der Waals surface area contributed by atoms with Crippen LogP contribution in [0.3, 0.4) is 0 Å². The summed E-state index contributed by atoms with van der Waals surface area (Å²) >= 11 is 0. The van der Waals surface area contributed by atoms with Gasteiger partial charge in [0.25, 0.3) is 0 Å². The van der Waals surface area contributed by atoms with Crippen LogP contribution >= 0.6 is 0 Å². The standard InChI is InChI=1S/C24H26N2O4.HI/c1-17(2)30-22-14-19(20-12-13-26(3)15-23(20)28-4)10-11-21(22)25-24(27)29-16-18-8-6-5-7-9-18;/h5-15,17H,16H2,1-4H3;1H. The van der Waals surface area contributed by atoms with Gasteiger partial charge in [-0.1, -0.05) is 36.4 Å². The van der Waals surface area contributed by atoms with E-state index in [9.17, 15) is 4.79 Å². The number of rotatable bonds is 7. The smallest absolute Gasteiger partial charge is 0.412 e. The molecule has 2 aromatic carbocycles.